The molecule has 5 nitrogen and oxygen atoms in total. The van der Waals surface area contributed by atoms with Gasteiger partial charge in [0.25, 0.3) is 5.91 Å². The van der Waals surface area contributed by atoms with Crippen molar-refractivity contribution in [3.8, 4) is 11.3 Å². The number of benzene rings is 2. The van der Waals surface area contributed by atoms with Gasteiger partial charge < -0.3 is 9.80 Å². The van der Waals surface area contributed by atoms with Crippen LogP contribution in [0.3, 0.4) is 0 Å². The van der Waals surface area contributed by atoms with E-state index in [0.29, 0.717) is 41.8 Å². The molecule has 1 aliphatic heterocycles. The molecule has 3 aromatic rings. The monoisotopic (exact) mass is 426 g/mol. The summed E-state index contributed by atoms with van der Waals surface area (Å²) >= 11 is 12.0. The number of hydrogen-bond donors (Lipinski definition) is 0. The Morgan fingerprint density at radius 3 is 2.21 bits per heavy atom. The van der Waals surface area contributed by atoms with Gasteiger partial charge in [-0.05, 0) is 42.8 Å². The molecule has 0 saturated carbocycles. The molecule has 0 unspecified atom stereocenters. The van der Waals surface area contributed by atoms with Crippen molar-refractivity contribution in [1.82, 2.24) is 15.1 Å². The maximum absolute atomic E-state index is 12.7. The zero-order valence-corrected chi connectivity index (χ0v) is 17.5. The average Bonchev–Trinajstić information content (AvgIpc) is 2.73. The fraction of sp³-hybridized carbons (Fsp3) is 0.227. The quantitative estimate of drug-likeness (QED) is 0.607. The van der Waals surface area contributed by atoms with Crippen LogP contribution in [0.15, 0.2) is 54.6 Å². The molecule has 0 bridgehead atoms. The molecule has 7 heteroatoms. The second-order valence-corrected chi connectivity index (χ2v) is 7.90. The third-order valence-electron chi connectivity index (χ3n) is 5.07. The summed E-state index contributed by atoms with van der Waals surface area (Å²) in [5.41, 5.74) is 3.63. The number of carbonyl (C=O) groups excluding carboxylic acids is 1. The van der Waals surface area contributed by atoms with Crippen molar-refractivity contribution in [2.75, 3.05) is 31.1 Å². The molecule has 0 N–H and O–H groups in total. The first-order valence-corrected chi connectivity index (χ1v) is 10.2. The zero-order valence-electron chi connectivity index (χ0n) is 16.0. The third kappa shape index (κ3) is 4.36. The molecule has 0 aliphatic carbocycles. The highest BCUT2D eigenvalue weighted by atomic mass is 35.5. The van der Waals surface area contributed by atoms with Crippen LogP contribution in [0.1, 0.15) is 15.9 Å². The lowest BCUT2D eigenvalue weighted by Crippen LogP contribution is -2.49. The molecule has 148 valence electrons. The number of hydrogen-bond acceptors (Lipinski definition) is 4. The molecular formula is C22H20Cl2N4O. The Morgan fingerprint density at radius 2 is 1.59 bits per heavy atom. The number of amides is 1. The number of anilines is 1. The number of piperazine rings is 1. The van der Waals surface area contributed by atoms with Gasteiger partial charge in [-0.2, -0.15) is 0 Å². The molecule has 2 aromatic carbocycles. The van der Waals surface area contributed by atoms with Crippen molar-refractivity contribution < 1.29 is 4.79 Å². The first-order valence-electron chi connectivity index (χ1n) is 9.41. The Balaban J connectivity index is 1.42. The summed E-state index contributed by atoms with van der Waals surface area (Å²) in [6, 6.07) is 17.0. The minimum atomic E-state index is -0.0602. The van der Waals surface area contributed by atoms with Crippen LogP contribution in [0.5, 0.6) is 0 Å². The highest BCUT2D eigenvalue weighted by Gasteiger charge is 2.23. The van der Waals surface area contributed by atoms with Crippen molar-refractivity contribution in [2.45, 2.75) is 6.92 Å². The van der Waals surface area contributed by atoms with Gasteiger partial charge >= 0.3 is 0 Å². The van der Waals surface area contributed by atoms with E-state index in [1.165, 1.54) is 5.56 Å². The lowest BCUT2D eigenvalue weighted by Gasteiger charge is -2.35. The minimum Gasteiger partial charge on any atom is -0.352 e. The lowest BCUT2D eigenvalue weighted by molar-refractivity contribution is 0.0746. The van der Waals surface area contributed by atoms with Crippen molar-refractivity contribution in [2.24, 2.45) is 0 Å². The SMILES string of the molecule is Cc1ccccc1-c1ccc(N2CCN(C(=O)c3cc(Cl)cc(Cl)c3)CC2)nn1. The van der Waals surface area contributed by atoms with Crippen molar-refractivity contribution in [3.63, 3.8) is 0 Å². The van der Waals surface area contributed by atoms with Crippen LogP contribution in [-0.2, 0) is 0 Å². The van der Waals surface area contributed by atoms with E-state index in [1.54, 1.807) is 18.2 Å². The molecule has 1 amide bonds. The van der Waals surface area contributed by atoms with Gasteiger partial charge in [-0.15, -0.1) is 10.2 Å². The normalized spacial score (nSPS) is 14.2. The maximum atomic E-state index is 12.7. The molecular weight excluding hydrogens is 407 g/mol. The average molecular weight is 427 g/mol. The van der Waals surface area contributed by atoms with E-state index in [-0.39, 0.29) is 5.91 Å². The summed E-state index contributed by atoms with van der Waals surface area (Å²) in [5.74, 6) is 0.760. The number of halogens is 2. The first-order chi connectivity index (χ1) is 14.0. The second-order valence-electron chi connectivity index (χ2n) is 7.03. The summed E-state index contributed by atoms with van der Waals surface area (Å²) in [5, 5.41) is 9.74. The summed E-state index contributed by atoms with van der Waals surface area (Å²) in [7, 11) is 0. The van der Waals surface area contributed by atoms with Crippen LogP contribution in [0.25, 0.3) is 11.3 Å². The standard InChI is InChI=1S/C22H20Cl2N4O/c1-15-4-2-3-5-19(15)20-6-7-21(26-25-20)27-8-10-28(11-9-27)22(29)16-12-17(23)14-18(24)13-16/h2-7,12-14H,8-11H2,1H3. The highest BCUT2D eigenvalue weighted by molar-refractivity contribution is 6.35. The topological polar surface area (TPSA) is 49.3 Å². The Kier molecular flexibility index (Phi) is 5.69. The van der Waals surface area contributed by atoms with Crippen molar-refractivity contribution >= 4 is 34.9 Å². The van der Waals surface area contributed by atoms with Crippen LogP contribution < -0.4 is 4.90 Å². The molecule has 0 spiro atoms. The highest BCUT2D eigenvalue weighted by Crippen LogP contribution is 2.23. The predicted molar refractivity (Wildman–Crippen MR) is 117 cm³/mol. The molecule has 0 radical (unpaired) electrons. The van der Waals surface area contributed by atoms with Crippen LogP contribution in [0.2, 0.25) is 10.0 Å². The zero-order chi connectivity index (χ0) is 20.4. The van der Waals surface area contributed by atoms with E-state index < -0.39 is 0 Å². The van der Waals surface area contributed by atoms with Gasteiger partial charge in [0.05, 0.1) is 5.69 Å². The van der Waals surface area contributed by atoms with Gasteiger partial charge in [0.15, 0.2) is 5.82 Å². The van der Waals surface area contributed by atoms with Gasteiger partial charge in [0, 0.05) is 47.4 Å². The van der Waals surface area contributed by atoms with Gasteiger partial charge in [-0.3, -0.25) is 4.79 Å². The number of aromatic nitrogens is 2. The van der Waals surface area contributed by atoms with Crippen molar-refractivity contribution in [1.29, 1.82) is 0 Å². The number of nitrogens with zero attached hydrogens (tertiary/aromatic N) is 4. The Morgan fingerprint density at radius 1 is 0.897 bits per heavy atom. The number of aryl methyl sites for hydroxylation is 1. The largest absolute Gasteiger partial charge is 0.352 e. The van der Waals surface area contributed by atoms with Gasteiger partial charge in [-0.1, -0.05) is 47.5 Å². The predicted octanol–water partition coefficient (Wildman–Crippen LogP) is 4.72. The van der Waals surface area contributed by atoms with Crippen LogP contribution in [-0.4, -0.2) is 47.2 Å². The maximum Gasteiger partial charge on any atom is 0.254 e. The van der Waals surface area contributed by atoms with Gasteiger partial charge in [0.1, 0.15) is 0 Å². The van der Waals surface area contributed by atoms with E-state index in [9.17, 15) is 4.79 Å². The summed E-state index contributed by atoms with van der Waals surface area (Å²) < 4.78 is 0. The minimum absolute atomic E-state index is 0.0602. The van der Waals surface area contributed by atoms with Crippen molar-refractivity contribution in [3.05, 3.63) is 75.8 Å². The molecule has 29 heavy (non-hydrogen) atoms. The lowest BCUT2D eigenvalue weighted by atomic mass is 10.1. The summed E-state index contributed by atoms with van der Waals surface area (Å²) in [4.78, 5) is 16.7. The Bertz CT molecular complexity index is 1010. The second kappa shape index (κ2) is 8.39. The number of carbonyl (C=O) groups is 1. The van der Waals surface area contributed by atoms with E-state index in [0.717, 1.165) is 17.1 Å². The molecule has 2 heterocycles. The van der Waals surface area contributed by atoms with E-state index in [2.05, 4.69) is 28.1 Å². The number of rotatable bonds is 3. The summed E-state index contributed by atoms with van der Waals surface area (Å²) in [6.45, 7) is 4.65. The Hall–Kier alpha value is -2.63. The Labute approximate surface area is 179 Å². The molecule has 0 atom stereocenters. The van der Waals surface area contributed by atoms with Crippen LogP contribution in [0, 0.1) is 6.92 Å². The van der Waals surface area contributed by atoms with Gasteiger partial charge in [0.2, 0.25) is 0 Å². The summed E-state index contributed by atoms with van der Waals surface area (Å²) in [6.07, 6.45) is 0. The van der Waals surface area contributed by atoms with Crippen LogP contribution >= 0.6 is 23.2 Å². The smallest absolute Gasteiger partial charge is 0.254 e. The van der Waals surface area contributed by atoms with E-state index in [1.807, 2.05) is 35.2 Å². The van der Waals surface area contributed by atoms with Crippen LogP contribution in [0.4, 0.5) is 5.82 Å². The third-order valence-corrected chi connectivity index (χ3v) is 5.51. The van der Waals surface area contributed by atoms with E-state index in [4.69, 9.17) is 23.2 Å². The molecule has 1 aromatic heterocycles. The molecule has 1 fully saturated rings. The molecule has 1 aliphatic rings. The fourth-order valence-electron chi connectivity index (χ4n) is 3.50. The first kappa shape index (κ1) is 19.7. The molecule has 1 saturated heterocycles. The molecule has 4 rings (SSSR count). The fourth-order valence-corrected chi connectivity index (χ4v) is 4.02. The van der Waals surface area contributed by atoms with E-state index >= 15 is 0 Å². The van der Waals surface area contributed by atoms with Gasteiger partial charge in [-0.25, -0.2) is 0 Å².